The van der Waals surface area contributed by atoms with Crippen LogP contribution in [0.5, 0.6) is 0 Å². The number of benzene rings is 1. The van der Waals surface area contributed by atoms with Crippen molar-refractivity contribution < 1.29 is 0 Å². The molecular formula is C13H17N3S2. The van der Waals surface area contributed by atoms with E-state index in [4.69, 9.17) is 5.73 Å². The first-order chi connectivity index (χ1) is 8.76. The maximum Gasteiger partial charge on any atom is 0.153 e. The number of thioether (sulfide) groups is 1. The van der Waals surface area contributed by atoms with Crippen LogP contribution in [0.2, 0.25) is 0 Å². The van der Waals surface area contributed by atoms with Gasteiger partial charge in [0.2, 0.25) is 0 Å². The van der Waals surface area contributed by atoms with Gasteiger partial charge >= 0.3 is 0 Å². The predicted octanol–water partition coefficient (Wildman–Crippen LogP) is 3.62. The largest absolute Gasteiger partial charge is 0.382 e. The van der Waals surface area contributed by atoms with Crippen LogP contribution < -0.4 is 11.1 Å². The molecule has 2 rings (SSSR count). The van der Waals surface area contributed by atoms with Crippen LogP contribution in [0.3, 0.4) is 0 Å². The summed E-state index contributed by atoms with van der Waals surface area (Å²) in [5, 5.41) is 4.49. The van der Waals surface area contributed by atoms with Crippen LogP contribution in [-0.2, 0) is 13.0 Å². The number of anilines is 2. The highest BCUT2D eigenvalue weighted by Gasteiger charge is 2.10. The van der Waals surface area contributed by atoms with Crippen LogP contribution >= 0.6 is 23.3 Å². The molecule has 0 aliphatic rings. The van der Waals surface area contributed by atoms with E-state index in [9.17, 15) is 0 Å². The monoisotopic (exact) mass is 279 g/mol. The molecule has 1 heterocycles. The van der Waals surface area contributed by atoms with Crippen molar-refractivity contribution in [3.05, 3.63) is 35.4 Å². The van der Waals surface area contributed by atoms with Crippen LogP contribution in [0.1, 0.15) is 18.1 Å². The standard InChI is InChI=1S/C13H17N3S2/c1-3-9-6-4-5-7-10(9)8-15-13-11(17-2)12(14)16-18-13/h4-7,15H,3,8H2,1-2H3,(H2,14,16). The van der Waals surface area contributed by atoms with E-state index in [0.717, 1.165) is 22.9 Å². The minimum absolute atomic E-state index is 0.624. The molecule has 0 aliphatic carbocycles. The second-order valence-corrected chi connectivity index (χ2v) is 5.50. The Labute approximate surface area is 116 Å². The van der Waals surface area contributed by atoms with Crippen LogP contribution in [0.4, 0.5) is 10.8 Å². The number of hydrogen-bond acceptors (Lipinski definition) is 5. The van der Waals surface area contributed by atoms with E-state index in [0.29, 0.717) is 5.82 Å². The average Bonchev–Trinajstić information content (AvgIpc) is 2.77. The van der Waals surface area contributed by atoms with Gasteiger partial charge < -0.3 is 11.1 Å². The minimum Gasteiger partial charge on any atom is -0.382 e. The molecule has 5 heteroatoms. The highest BCUT2D eigenvalue weighted by Crippen LogP contribution is 2.34. The van der Waals surface area contributed by atoms with Crippen molar-refractivity contribution in [2.45, 2.75) is 24.8 Å². The molecule has 0 saturated carbocycles. The second-order valence-electron chi connectivity index (χ2n) is 3.91. The minimum atomic E-state index is 0.624. The third-order valence-corrected chi connectivity index (χ3v) is 4.59. The first kappa shape index (κ1) is 13.2. The van der Waals surface area contributed by atoms with E-state index in [2.05, 4.69) is 40.9 Å². The molecule has 0 saturated heterocycles. The van der Waals surface area contributed by atoms with E-state index >= 15 is 0 Å². The fourth-order valence-electron chi connectivity index (χ4n) is 1.85. The number of nitrogen functional groups attached to an aromatic ring is 1. The smallest absolute Gasteiger partial charge is 0.153 e. The first-order valence-electron chi connectivity index (χ1n) is 5.86. The third kappa shape index (κ3) is 2.79. The lowest BCUT2D eigenvalue weighted by Gasteiger charge is -2.09. The highest BCUT2D eigenvalue weighted by molar-refractivity contribution is 7.99. The Hall–Kier alpha value is -1.20. The number of nitrogens with one attached hydrogen (secondary N) is 1. The van der Waals surface area contributed by atoms with E-state index in [1.54, 1.807) is 11.8 Å². The molecule has 0 unspecified atom stereocenters. The third-order valence-electron chi connectivity index (χ3n) is 2.82. The molecular weight excluding hydrogens is 262 g/mol. The summed E-state index contributed by atoms with van der Waals surface area (Å²) in [6.45, 7) is 3.00. The lowest BCUT2D eigenvalue weighted by Crippen LogP contribution is -2.02. The van der Waals surface area contributed by atoms with Crippen molar-refractivity contribution in [1.82, 2.24) is 4.37 Å². The number of nitrogens with zero attached hydrogens (tertiary/aromatic N) is 1. The average molecular weight is 279 g/mol. The first-order valence-corrected chi connectivity index (χ1v) is 7.85. The lowest BCUT2D eigenvalue weighted by molar-refractivity contribution is 1.04. The zero-order valence-electron chi connectivity index (χ0n) is 10.6. The molecule has 0 bridgehead atoms. The van der Waals surface area contributed by atoms with Crippen LogP contribution in [0.15, 0.2) is 29.2 Å². The van der Waals surface area contributed by atoms with Gasteiger partial charge in [-0.05, 0) is 35.3 Å². The van der Waals surface area contributed by atoms with Gasteiger partial charge in [0.1, 0.15) is 5.00 Å². The van der Waals surface area contributed by atoms with Gasteiger partial charge in [-0.3, -0.25) is 0 Å². The molecule has 1 aromatic carbocycles. The number of nitrogens with two attached hydrogens (primary N) is 1. The quantitative estimate of drug-likeness (QED) is 0.821. The van der Waals surface area contributed by atoms with Gasteiger partial charge in [0.25, 0.3) is 0 Å². The van der Waals surface area contributed by atoms with E-state index < -0.39 is 0 Å². The fraction of sp³-hybridized carbons (Fsp3) is 0.308. The summed E-state index contributed by atoms with van der Waals surface area (Å²) >= 11 is 3.06. The molecule has 2 aromatic rings. The highest BCUT2D eigenvalue weighted by atomic mass is 32.2. The normalized spacial score (nSPS) is 10.6. The molecule has 0 aliphatic heterocycles. The van der Waals surface area contributed by atoms with Crippen molar-refractivity contribution >= 4 is 34.1 Å². The molecule has 18 heavy (non-hydrogen) atoms. The van der Waals surface area contributed by atoms with Gasteiger partial charge in [0.05, 0.1) is 4.90 Å². The molecule has 0 fully saturated rings. The van der Waals surface area contributed by atoms with Crippen LogP contribution in [0, 0.1) is 0 Å². The number of aryl methyl sites for hydroxylation is 1. The number of rotatable bonds is 5. The summed E-state index contributed by atoms with van der Waals surface area (Å²) in [6.07, 6.45) is 3.07. The Morgan fingerprint density at radius 1 is 1.33 bits per heavy atom. The van der Waals surface area contributed by atoms with E-state index in [1.807, 2.05) is 6.26 Å². The zero-order chi connectivity index (χ0) is 13.0. The molecule has 1 aromatic heterocycles. The Balaban J connectivity index is 2.11. The van der Waals surface area contributed by atoms with Crippen molar-refractivity contribution in [2.75, 3.05) is 17.3 Å². The number of aromatic nitrogens is 1. The van der Waals surface area contributed by atoms with Crippen LogP contribution in [-0.4, -0.2) is 10.6 Å². The molecule has 3 nitrogen and oxygen atoms in total. The van der Waals surface area contributed by atoms with Gasteiger partial charge in [0.15, 0.2) is 5.82 Å². The van der Waals surface area contributed by atoms with Crippen molar-refractivity contribution in [3.63, 3.8) is 0 Å². The molecule has 0 radical (unpaired) electrons. The van der Waals surface area contributed by atoms with Gasteiger partial charge in [-0.15, -0.1) is 11.8 Å². The van der Waals surface area contributed by atoms with Gasteiger partial charge in [-0.1, -0.05) is 31.2 Å². The summed E-state index contributed by atoms with van der Waals surface area (Å²) in [7, 11) is 0. The Morgan fingerprint density at radius 3 is 2.72 bits per heavy atom. The van der Waals surface area contributed by atoms with E-state index in [1.165, 1.54) is 22.7 Å². The van der Waals surface area contributed by atoms with E-state index in [-0.39, 0.29) is 0 Å². The second kappa shape index (κ2) is 6.11. The summed E-state index contributed by atoms with van der Waals surface area (Å²) in [5.74, 6) is 0.624. The molecule has 0 spiro atoms. The number of hydrogen-bond donors (Lipinski definition) is 2. The predicted molar refractivity (Wildman–Crippen MR) is 81.5 cm³/mol. The van der Waals surface area contributed by atoms with Gasteiger partial charge in [-0.2, -0.15) is 4.37 Å². The maximum absolute atomic E-state index is 5.82. The topological polar surface area (TPSA) is 50.9 Å². The summed E-state index contributed by atoms with van der Waals surface area (Å²) in [5.41, 5.74) is 8.53. The Kier molecular flexibility index (Phi) is 4.49. The van der Waals surface area contributed by atoms with Crippen LogP contribution in [0.25, 0.3) is 0 Å². The SMILES string of the molecule is CCc1ccccc1CNc1snc(N)c1SC. The maximum atomic E-state index is 5.82. The van der Waals surface area contributed by atoms with Gasteiger partial charge in [-0.25, -0.2) is 0 Å². The Bertz CT molecular complexity index is 523. The Morgan fingerprint density at radius 2 is 2.06 bits per heavy atom. The molecule has 0 atom stereocenters. The lowest BCUT2D eigenvalue weighted by atomic mass is 10.1. The van der Waals surface area contributed by atoms with Crippen molar-refractivity contribution in [3.8, 4) is 0 Å². The summed E-state index contributed by atoms with van der Waals surface area (Å²) in [6, 6.07) is 8.50. The molecule has 3 N–H and O–H groups in total. The molecule has 0 amide bonds. The van der Waals surface area contributed by atoms with Crippen molar-refractivity contribution in [2.24, 2.45) is 0 Å². The fourth-order valence-corrected chi connectivity index (χ4v) is 3.39. The summed E-state index contributed by atoms with van der Waals surface area (Å²) in [4.78, 5) is 1.05. The van der Waals surface area contributed by atoms with Crippen molar-refractivity contribution in [1.29, 1.82) is 0 Å². The molecule has 96 valence electrons. The summed E-state index contributed by atoms with van der Waals surface area (Å²) < 4.78 is 4.18. The van der Waals surface area contributed by atoms with Gasteiger partial charge in [0, 0.05) is 6.54 Å². The zero-order valence-corrected chi connectivity index (χ0v) is 12.2.